The van der Waals surface area contributed by atoms with E-state index >= 15 is 0 Å². The van der Waals surface area contributed by atoms with E-state index in [4.69, 9.17) is 0 Å². The van der Waals surface area contributed by atoms with Gasteiger partial charge in [0.2, 0.25) is 5.91 Å². The minimum atomic E-state index is 0.0204. The summed E-state index contributed by atoms with van der Waals surface area (Å²) in [7, 11) is 0. The number of nitrogens with zero attached hydrogens (tertiary/aromatic N) is 1. The van der Waals surface area contributed by atoms with E-state index in [1.54, 1.807) is 11.3 Å². The van der Waals surface area contributed by atoms with E-state index in [1.165, 1.54) is 4.70 Å². The molecule has 0 bridgehead atoms. The molecule has 0 saturated heterocycles. The van der Waals surface area contributed by atoms with Crippen molar-refractivity contribution in [3.8, 4) is 0 Å². The quantitative estimate of drug-likeness (QED) is 0.882. The van der Waals surface area contributed by atoms with Crippen molar-refractivity contribution in [2.24, 2.45) is 0 Å². The molecular weight excluding hydrogens is 258 g/mol. The highest BCUT2D eigenvalue weighted by molar-refractivity contribution is 7.17. The molecule has 1 atom stereocenters. The molecule has 0 aliphatic heterocycles. The Morgan fingerprint density at radius 3 is 2.95 bits per heavy atom. The van der Waals surface area contributed by atoms with Gasteiger partial charge < -0.3 is 10.6 Å². The third kappa shape index (κ3) is 3.75. The Labute approximate surface area is 117 Å². The summed E-state index contributed by atoms with van der Waals surface area (Å²) in [5.41, 5.74) is 2.13. The van der Waals surface area contributed by atoms with E-state index in [9.17, 15) is 4.79 Å². The Morgan fingerprint density at radius 2 is 2.21 bits per heavy atom. The van der Waals surface area contributed by atoms with E-state index in [0.29, 0.717) is 6.54 Å². The normalized spacial score (nSPS) is 12.8. The lowest BCUT2D eigenvalue weighted by atomic mass is 10.1. The Hall–Kier alpha value is -1.46. The van der Waals surface area contributed by atoms with E-state index < -0.39 is 0 Å². The number of rotatable bonds is 5. The van der Waals surface area contributed by atoms with E-state index in [1.807, 2.05) is 38.4 Å². The van der Waals surface area contributed by atoms with Crippen LogP contribution in [0.15, 0.2) is 23.7 Å². The van der Waals surface area contributed by atoms with Crippen LogP contribution in [-0.2, 0) is 4.79 Å². The zero-order valence-corrected chi connectivity index (χ0v) is 12.3. The summed E-state index contributed by atoms with van der Waals surface area (Å²) in [4.78, 5) is 16.0. The second-order valence-electron chi connectivity index (χ2n) is 4.90. The highest BCUT2D eigenvalue weighted by atomic mass is 32.1. The van der Waals surface area contributed by atoms with Gasteiger partial charge in [0.15, 0.2) is 0 Å². The fourth-order valence-corrected chi connectivity index (χ4v) is 2.62. The summed E-state index contributed by atoms with van der Waals surface area (Å²) in [6.45, 7) is 6.27. The van der Waals surface area contributed by atoms with Gasteiger partial charge in [0.05, 0.1) is 16.8 Å². The largest absolute Gasteiger partial charge is 0.353 e. The molecule has 5 heteroatoms. The van der Waals surface area contributed by atoms with Gasteiger partial charge in [-0.1, -0.05) is 0 Å². The summed E-state index contributed by atoms with van der Waals surface area (Å²) in [5.74, 6) is 0.0204. The fourth-order valence-electron chi connectivity index (χ4n) is 1.84. The standard InChI is InChI=1S/C14H19N3OS/c1-9(2)17-14(18)8-15-10(3)11-6-13-12(16-7-11)4-5-19-13/h4-7,9-10,15H,8H2,1-3H3,(H,17,18). The average molecular weight is 277 g/mol. The minimum Gasteiger partial charge on any atom is -0.353 e. The molecular formula is C14H19N3OS. The van der Waals surface area contributed by atoms with Gasteiger partial charge in [0, 0.05) is 18.3 Å². The van der Waals surface area contributed by atoms with Crippen molar-refractivity contribution in [2.45, 2.75) is 32.9 Å². The lowest BCUT2D eigenvalue weighted by molar-refractivity contribution is -0.120. The fraction of sp³-hybridized carbons (Fsp3) is 0.429. The topological polar surface area (TPSA) is 54.0 Å². The third-order valence-electron chi connectivity index (χ3n) is 2.84. The van der Waals surface area contributed by atoms with Gasteiger partial charge in [-0.2, -0.15) is 0 Å². The summed E-state index contributed by atoms with van der Waals surface area (Å²) < 4.78 is 1.18. The van der Waals surface area contributed by atoms with Crippen LogP contribution < -0.4 is 10.6 Å². The van der Waals surface area contributed by atoms with Crippen LogP contribution in [0.5, 0.6) is 0 Å². The monoisotopic (exact) mass is 277 g/mol. The lowest BCUT2D eigenvalue weighted by Gasteiger charge is -2.15. The molecule has 2 aromatic heterocycles. The first-order valence-electron chi connectivity index (χ1n) is 6.42. The van der Waals surface area contributed by atoms with Crippen molar-refractivity contribution in [2.75, 3.05) is 6.54 Å². The highest BCUT2D eigenvalue weighted by Gasteiger charge is 2.09. The number of carbonyl (C=O) groups is 1. The molecule has 0 fully saturated rings. The van der Waals surface area contributed by atoms with Crippen molar-refractivity contribution in [1.82, 2.24) is 15.6 Å². The number of nitrogens with one attached hydrogen (secondary N) is 2. The van der Waals surface area contributed by atoms with Crippen LogP contribution in [0, 0.1) is 0 Å². The Balaban J connectivity index is 1.95. The van der Waals surface area contributed by atoms with E-state index in [-0.39, 0.29) is 18.0 Å². The maximum Gasteiger partial charge on any atom is 0.234 e. The predicted molar refractivity (Wildman–Crippen MR) is 79.3 cm³/mol. The van der Waals surface area contributed by atoms with Gasteiger partial charge >= 0.3 is 0 Å². The number of pyridine rings is 1. The second-order valence-corrected chi connectivity index (χ2v) is 5.85. The molecule has 2 rings (SSSR count). The first-order valence-corrected chi connectivity index (χ1v) is 7.30. The molecule has 0 spiro atoms. The minimum absolute atomic E-state index is 0.0204. The molecule has 1 amide bonds. The number of aromatic nitrogens is 1. The molecule has 102 valence electrons. The van der Waals surface area contributed by atoms with Crippen molar-refractivity contribution in [3.63, 3.8) is 0 Å². The van der Waals surface area contributed by atoms with Gasteiger partial charge in [-0.15, -0.1) is 11.3 Å². The molecule has 0 aliphatic carbocycles. The van der Waals surface area contributed by atoms with Crippen LogP contribution in [0.2, 0.25) is 0 Å². The van der Waals surface area contributed by atoms with Crippen LogP contribution in [0.25, 0.3) is 10.2 Å². The van der Waals surface area contributed by atoms with E-state index in [0.717, 1.165) is 11.1 Å². The summed E-state index contributed by atoms with van der Waals surface area (Å²) in [5, 5.41) is 8.11. The van der Waals surface area contributed by atoms with Crippen LogP contribution in [0.1, 0.15) is 32.4 Å². The Bertz CT molecular complexity index is 565. The zero-order valence-electron chi connectivity index (χ0n) is 11.4. The molecule has 2 aromatic rings. The maximum atomic E-state index is 11.6. The van der Waals surface area contributed by atoms with Gasteiger partial charge in [-0.25, -0.2) is 0 Å². The van der Waals surface area contributed by atoms with Gasteiger partial charge in [-0.05, 0) is 43.8 Å². The molecule has 0 aromatic carbocycles. The zero-order chi connectivity index (χ0) is 13.8. The van der Waals surface area contributed by atoms with Crippen LogP contribution in [0.3, 0.4) is 0 Å². The first kappa shape index (κ1) is 14.0. The Kier molecular flexibility index (Phi) is 4.50. The van der Waals surface area contributed by atoms with Gasteiger partial charge in [0.25, 0.3) is 0 Å². The molecule has 0 aliphatic rings. The highest BCUT2D eigenvalue weighted by Crippen LogP contribution is 2.22. The SMILES string of the molecule is CC(C)NC(=O)CNC(C)c1cnc2ccsc2c1. The smallest absolute Gasteiger partial charge is 0.234 e. The van der Waals surface area contributed by atoms with Crippen LogP contribution >= 0.6 is 11.3 Å². The number of thiophene rings is 1. The van der Waals surface area contributed by atoms with Gasteiger partial charge in [0.1, 0.15) is 0 Å². The van der Waals surface area contributed by atoms with Crippen molar-refractivity contribution < 1.29 is 4.79 Å². The second kappa shape index (κ2) is 6.12. The van der Waals surface area contributed by atoms with Crippen molar-refractivity contribution in [1.29, 1.82) is 0 Å². The summed E-state index contributed by atoms with van der Waals surface area (Å²) in [6, 6.07) is 4.42. The molecule has 2 N–H and O–H groups in total. The van der Waals surface area contributed by atoms with Crippen molar-refractivity contribution in [3.05, 3.63) is 29.3 Å². The number of carbonyl (C=O) groups excluding carboxylic acids is 1. The van der Waals surface area contributed by atoms with Crippen LogP contribution in [0.4, 0.5) is 0 Å². The number of fused-ring (bicyclic) bond motifs is 1. The Morgan fingerprint density at radius 1 is 1.42 bits per heavy atom. The number of hydrogen-bond donors (Lipinski definition) is 2. The van der Waals surface area contributed by atoms with Crippen LogP contribution in [-0.4, -0.2) is 23.5 Å². The first-order chi connectivity index (χ1) is 9.06. The molecule has 19 heavy (non-hydrogen) atoms. The van der Waals surface area contributed by atoms with Crippen molar-refractivity contribution >= 4 is 27.5 Å². The van der Waals surface area contributed by atoms with Gasteiger partial charge in [-0.3, -0.25) is 9.78 Å². The molecule has 1 unspecified atom stereocenters. The molecule has 0 saturated carbocycles. The molecule has 4 nitrogen and oxygen atoms in total. The lowest BCUT2D eigenvalue weighted by Crippen LogP contribution is -2.38. The molecule has 0 radical (unpaired) electrons. The molecule has 2 heterocycles. The summed E-state index contributed by atoms with van der Waals surface area (Å²) in [6.07, 6.45) is 1.87. The number of hydrogen-bond acceptors (Lipinski definition) is 4. The maximum absolute atomic E-state index is 11.6. The average Bonchev–Trinajstić information content (AvgIpc) is 2.82. The third-order valence-corrected chi connectivity index (χ3v) is 3.70. The van der Waals surface area contributed by atoms with E-state index in [2.05, 4.69) is 21.7 Å². The predicted octanol–water partition coefficient (Wildman–Crippen LogP) is 2.47. The number of amides is 1. The summed E-state index contributed by atoms with van der Waals surface area (Å²) >= 11 is 1.68.